The van der Waals surface area contributed by atoms with Crippen molar-refractivity contribution in [2.75, 3.05) is 26.2 Å². The molecule has 0 radical (unpaired) electrons. The van der Waals surface area contributed by atoms with Crippen LogP contribution in [-0.4, -0.2) is 38.9 Å². The van der Waals surface area contributed by atoms with Gasteiger partial charge in [-0.2, -0.15) is 17.4 Å². The maximum atomic E-state index is 12.7. The fourth-order valence-electron chi connectivity index (χ4n) is 1.75. The minimum Gasteiger partial charge on any atom is -0.314 e. The lowest BCUT2D eigenvalue weighted by Gasteiger charge is -2.26. The summed E-state index contributed by atoms with van der Waals surface area (Å²) >= 11 is 0. The van der Waals surface area contributed by atoms with Crippen LogP contribution in [0, 0.1) is 5.82 Å². The Kier molecular flexibility index (Phi) is 6.15. The van der Waals surface area contributed by atoms with Gasteiger partial charge in [0.25, 0.3) is 10.2 Å². The van der Waals surface area contributed by atoms with Crippen LogP contribution in [-0.2, 0) is 16.8 Å². The van der Waals surface area contributed by atoms with E-state index < -0.39 is 10.2 Å². The van der Waals surface area contributed by atoms with Crippen molar-refractivity contribution >= 4 is 22.6 Å². The Morgan fingerprint density at radius 3 is 2.37 bits per heavy atom. The Hall–Kier alpha value is -0.730. The van der Waals surface area contributed by atoms with E-state index in [4.69, 9.17) is 0 Å². The lowest BCUT2D eigenvalue weighted by Crippen LogP contribution is -2.50. The molecule has 0 spiro atoms. The molecule has 1 aromatic carbocycles. The van der Waals surface area contributed by atoms with Gasteiger partial charge in [0, 0.05) is 32.7 Å². The molecule has 0 atom stereocenters. The summed E-state index contributed by atoms with van der Waals surface area (Å²) in [5, 5.41) is 3.09. The van der Waals surface area contributed by atoms with Crippen LogP contribution in [0.3, 0.4) is 0 Å². The van der Waals surface area contributed by atoms with Crippen molar-refractivity contribution in [3.63, 3.8) is 0 Å². The Balaban J connectivity index is 0.00000180. The molecule has 0 unspecified atom stereocenters. The first-order valence-corrected chi connectivity index (χ1v) is 7.22. The fraction of sp³-hybridized carbons (Fsp3) is 0.455. The van der Waals surface area contributed by atoms with Crippen LogP contribution in [0.5, 0.6) is 0 Å². The van der Waals surface area contributed by atoms with Gasteiger partial charge in [-0.25, -0.2) is 4.39 Å². The number of hydrogen-bond acceptors (Lipinski definition) is 3. The van der Waals surface area contributed by atoms with Gasteiger partial charge in [0.15, 0.2) is 0 Å². The molecule has 0 bridgehead atoms. The second-order valence-corrected chi connectivity index (χ2v) is 5.86. The number of nitrogens with one attached hydrogen (secondary N) is 2. The summed E-state index contributed by atoms with van der Waals surface area (Å²) in [4.78, 5) is 0. The number of hydrogen-bond donors (Lipinski definition) is 2. The molecule has 1 saturated heterocycles. The maximum Gasteiger partial charge on any atom is 0.279 e. The molecular formula is C11H17ClFN3O2S. The molecule has 2 N–H and O–H groups in total. The van der Waals surface area contributed by atoms with E-state index >= 15 is 0 Å². The zero-order chi connectivity index (χ0) is 13.0. The van der Waals surface area contributed by atoms with E-state index in [9.17, 15) is 12.8 Å². The summed E-state index contributed by atoms with van der Waals surface area (Å²) in [5.41, 5.74) is 0.732. The standard InChI is InChI=1S/C11H16FN3O2S.ClH/c12-11-3-1-10(2-4-11)9-14-18(16,17)15-7-5-13-6-8-15;/h1-4,13-14H,5-9H2;1H. The first-order chi connectivity index (χ1) is 8.58. The number of benzene rings is 1. The van der Waals surface area contributed by atoms with Gasteiger partial charge in [0.1, 0.15) is 5.82 Å². The fourth-order valence-corrected chi connectivity index (χ4v) is 2.95. The average molecular weight is 310 g/mol. The van der Waals surface area contributed by atoms with Crippen LogP contribution in [0.2, 0.25) is 0 Å². The number of piperazine rings is 1. The Morgan fingerprint density at radius 2 is 1.79 bits per heavy atom. The third-order valence-corrected chi connectivity index (χ3v) is 4.34. The minimum atomic E-state index is -3.44. The average Bonchev–Trinajstić information content (AvgIpc) is 2.39. The predicted octanol–water partition coefficient (Wildman–Crippen LogP) is 0.487. The quantitative estimate of drug-likeness (QED) is 0.851. The molecule has 19 heavy (non-hydrogen) atoms. The van der Waals surface area contributed by atoms with E-state index in [1.165, 1.54) is 16.4 Å². The Bertz CT molecular complexity index is 489. The summed E-state index contributed by atoms with van der Waals surface area (Å²) in [6.07, 6.45) is 0. The molecule has 1 aromatic rings. The van der Waals surface area contributed by atoms with Crippen LogP contribution >= 0.6 is 12.4 Å². The van der Waals surface area contributed by atoms with Crippen molar-refractivity contribution in [1.82, 2.24) is 14.3 Å². The molecule has 0 amide bonds. The largest absolute Gasteiger partial charge is 0.314 e. The molecule has 108 valence electrons. The smallest absolute Gasteiger partial charge is 0.279 e. The van der Waals surface area contributed by atoms with Gasteiger partial charge in [-0.15, -0.1) is 12.4 Å². The van der Waals surface area contributed by atoms with E-state index in [0.717, 1.165) is 5.56 Å². The van der Waals surface area contributed by atoms with Crippen molar-refractivity contribution in [1.29, 1.82) is 0 Å². The van der Waals surface area contributed by atoms with Crippen molar-refractivity contribution in [2.45, 2.75) is 6.54 Å². The van der Waals surface area contributed by atoms with Crippen LogP contribution in [0.1, 0.15) is 5.56 Å². The van der Waals surface area contributed by atoms with Gasteiger partial charge in [-0.3, -0.25) is 0 Å². The lowest BCUT2D eigenvalue weighted by molar-refractivity contribution is 0.354. The maximum absolute atomic E-state index is 12.7. The minimum absolute atomic E-state index is 0. The van der Waals surface area contributed by atoms with E-state index in [0.29, 0.717) is 26.2 Å². The SMILES string of the molecule is Cl.O=S(=O)(NCc1ccc(F)cc1)N1CCNCC1. The van der Waals surface area contributed by atoms with Crippen molar-refractivity contribution in [2.24, 2.45) is 0 Å². The lowest BCUT2D eigenvalue weighted by atomic mass is 10.2. The molecule has 1 aliphatic heterocycles. The van der Waals surface area contributed by atoms with Crippen molar-refractivity contribution in [3.05, 3.63) is 35.6 Å². The van der Waals surface area contributed by atoms with E-state index in [1.807, 2.05) is 0 Å². The Morgan fingerprint density at radius 1 is 1.21 bits per heavy atom. The third kappa shape index (κ3) is 4.70. The number of nitrogens with zero attached hydrogens (tertiary/aromatic N) is 1. The summed E-state index contributed by atoms with van der Waals surface area (Å²) in [6.45, 7) is 2.44. The number of halogens is 2. The normalized spacial score (nSPS) is 16.9. The highest BCUT2D eigenvalue weighted by molar-refractivity contribution is 7.87. The highest BCUT2D eigenvalue weighted by Gasteiger charge is 2.22. The van der Waals surface area contributed by atoms with Gasteiger partial charge < -0.3 is 5.32 Å². The molecule has 1 fully saturated rings. The molecule has 0 aromatic heterocycles. The van der Waals surface area contributed by atoms with Crippen LogP contribution in [0.4, 0.5) is 4.39 Å². The first-order valence-electron chi connectivity index (χ1n) is 5.78. The van der Waals surface area contributed by atoms with Gasteiger partial charge in [0.05, 0.1) is 0 Å². The molecule has 5 nitrogen and oxygen atoms in total. The topological polar surface area (TPSA) is 61.4 Å². The Labute approximate surface area is 118 Å². The van der Waals surface area contributed by atoms with Gasteiger partial charge >= 0.3 is 0 Å². The summed E-state index contributed by atoms with van der Waals surface area (Å²) in [7, 11) is -3.44. The van der Waals surface area contributed by atoms with Crippen LogP contribution in [0.15, 0.2) is 24.3 Å². The highest BCUT2D eigenvalue weighted by Crippen LogP contribution is 2.05. The summed E-state index contributed by atoms with van der Waals surface area (Å²) in [6, 6.07) is 5.76. The molecule has 1 heterocycles. The molecule has 0 saturated carbocycles. The molecule has 8 heteroatoms. The van der Waals surface area contributed by atoms with E-state index in [-0.39, 0.29) is 24.8 Å². The second kappa shape index (κ2) is 7.16. The predicted molar refractivity (Wildman–Crippen MR) is 73.9 cm³/mol. The van der Waals surface area contributed by atoms with Gasteiger partial charge in [-0.1, -0.05) is 12.1 Å². The molecule has 1 aliphatic rings. The molecule has 0 aliphatic carbocycles. The van der Waals surface area contributed by atoms with Gasteiger partial charge in [-0.05, 0) is 17.7 Å². The molecule has 2 rings (SSSR count). The summed E-state index contributed by atoms with van der Waals surface area (Å²) < 4.78 is 40.5. The van der Waals surface area contributed by atoms with Crippen LogP contribution < -0.4 is 10.0 Å². The van der Waals surface area contributed by atoms with Crippen molar-refractivity contribution < 1.29 is 12.8 Å². The zero-order valence-electron chi connectivity index (χ0n) is 10.3. The monoisotopic (exact) mass is 309 g/mol. The first kappa shape index (κ1) is 16.3. The van der Waals surface area contributed by atoms with E-state index in [2.05, 4.69) is 10.0 Å². The van der Waals surface area contributed by atoms with Crippen molar-refractivity contribution in [3.8, 4) is 0 Å². The van der Waals surface area contributed by atoms with Crippen LogP contribution in [0.25, 0.3) is 0 Å². The third-order valence-electron chi connectivity index (χ3n) is 2.79. The summed E-state index contributed by atoms with van der Waals surface area (Å²) in [5.74, 6) is -0.330. The zero-order valence-corrected chi connectivity index (χ0v) is 11.9. The molecular weight excluding hydrogens is 293 g/mol. The van der Waals surface area contributed by atoms with Gasteiger partial charge in [0.2, 0.25) is 0 Å². The number of rotatable bonds is 4. The van der Waals surface area contributed by atoms with E-state index in [1.54, 1.807) is 12.1 Å². The highest BCUT2D eigenvalue weighted by atomic mass is 35.5. The second-order valence-electron chi connectivity index (χ2n) is 4.10.